The van der Waals surface area contributed by atoms with E-state index in [2.05, 4.69) is 4.99 Å². The van der Waals surface area contributed by atoms with Gasteiger partial charge in [-0.05, 0) is 42.8 Å². The van der Waals surface area contributed by atoms with Crippen molar-refractivity contribution in [2.24, 2.45) is 4.99 Å². The number of halogens is 2. The summed E-state index contributed by atoms with van der Waals surface area (Å²) in [4.78, 5) is 4.02. The van der Waals surface area contributed by atoms with Crippen LogP contribution in [0.5, 0.6) is 5.75 Å². The highest BCUT2D eigenvalue weighted by Gasteiger charge is 2.02. The van der Waals surface area contributed by atoms with E-state index in [4.69, 9.17) is 11.6 Å². The number of aryl methyl sites for hydroxylation is 1. The molecule has 0 fully saturated rings. The number of hydrogen-bond donors (Lipinski definition) is 1. The fraction of sp³-hybridized carbons (Fsp3) is 0.0714. The van der Waals surface area contributed by atoms with Gasteiger partial charge in [0, 0.05) is 16.8 Å². The number of aromatic hydroxyl groups is 1. The molecule has 2 aromatic carbocycles. The van der Waals surface area contributed by atoms with Gasteiger partial charge < -0.3 is 5.11 Å². The van der Waals surface area contributed by atoms with E-state index in [1.807, 2.05) is 6.92 Å². The Labute approximate surface area is 109 Å². The van der Waals surface area contributed by atoms with Gasteiger partial charge in [-0.25, -0.2) is 4.39 Å². The second-order valence-electron chi connectivity index (χ2n) is 3.92. The molecule has 92 valence electrons. The van der Waals surface area contributed by atoms with Crippen molar-refractivity contribution in [2.75, 3.05) is 0 Å². The SMILES string of the molecule is Cc1ccc(F)c(N=Cc2cc(Cl)ccc2O)c1. The van der Waals surface area contributed by atoms with E-state index in [9.17, 15) is 9.50 Å². The maximum atomic E-state index is 13.4. The minimum atomic E-state index is -0.404. The Kier molecular flexibility index (Phi) is 3.63. The predicted octanol–water partition coefficient (Wildman–Crippen LogP) is 4.24. The maximum absolute atomic E-state index is 13.4. The van der Waals surface area contributed by atoms with Crippen LogP contribution in [0.4, 0.5) is 10.1 Å². The lowest BCUT2D eigenvalue weighted by molar-refractivity contribution is 0.474. The first-order chi connectivity index (χ1) is 8.56. The van der Waals surface area contributed by atoms with Crippen LogP contribution in [-0.4, -0.2) is 11.3 Å². The Bertz CT molecular complexity index is 557. The summed E-state index contributed by atoms with van der Waals surface area (Å²) in [5.41, 5.74) is 1.59. The zero-order valence-electron chi connectivity index (χ0n) is 9.69. The molecule has 0 spiro atoms. The van der Waals surface area contributed by atoms with Gasteiger partial charge in [0.2, 0.25) is 0 Å². The number of aliphatic imine (C=N–C) groups is 1. The molecule has 0 atom stereocenters. The summed E-state index contributed by atoms with van der Waals surface area (Å²) >= 11 is 5.81. The first-order valence-electron chi connectivity index (χ1n) is 5.35. The summed E-state index contributed by atoms with van der Waals surface area (Å²) in [6.45, 7) is 1.86. The largest absolute Gasteiger partial charge is 0.507 e. The topological polar surface area (TPSA) is 32.6 Å². The summed E-state index contributed by atoms with van der Waals surface area (Å²) < 4.78 is 13.4. The second kappa shape index (κ2) is 5.19. The van der Waals surface area contributed by atoms with E-state index in [1.165, 1.54) is 18.3 Å². The van der Waals surface area contributed by atoms with Gasteiger partial charge in [0.05, 0.1) is 5.69 Å². The average molecular weight is 264 g/mol. The Morgan fingerprint density at radius 2 is 2.00 bits per heavy atom. The summed E-state index contributed by atoms with van der Waals surface area (Å²) in [5, 5.41) is 10.1. The molecule has 18 heavy (non-hydrogen) atoms. The molecule has 2 rings (SSSR count). The first-order valence-corrected chi connectivity index (χ1v) is 5.73. The van der Waals surface area contributed by atoms with Gasteiger partial charge in [-0.15, -0.1) is 0 Å². The van der Waals surface area contributed by atoms with E-state index >= 15 is 0 Å². The highest BCUT2D eigenvalue weighted by Crippen LogP contribution is 2.22. The molecule has 0 aromatic heterocycles. The lowest BCUT2D eigenvalue weighted by Crippen LogP contribution is -1.84. The van der Waals surface area contributed by atoms with Crippen LogP contribution < -0.4 is 0 Å². The zero-order chi connectivity index (χ0) is 13.1. The van der Waals surface area contributed by atoms with Gasteiger partial charge >= 0.3 is 0 Å². The highest BCUT2D eigenvalue weighted by molar-refractivity contribution is 6.30. The molecule has 0 bridgehead atoms. The molecular weight excluding hydrogens is 253 g/mol. The van der Waals surface area contributed by atoms with Crippen LogP contribution in [0.15, 0.2) is 41.4 Å². The summed E-state index contributed by atoms with van der Waals surface area (Å²) in [5.74, 6) is -0.352. The molecule has 0 radical (unpaired) electrons. The quantitative estimate of drug-likeness (QED) is 0.808. The number of benzene rings is 2. The summed E-state index contributed by atoms with van der Waals surface area (Å²) in [6.07, 6.45) is 1.39. The normalized spacial score (nSPS) is 11.1. The van der Waals surface area contributed by atoms with E-state index in [-0.39, 0.29) is 11.4 Å². The zero-order valence-corrected chi connectivity index (χ0v) is 10.4. The third-order valence-electron chi connectivity index (χ3n) is 2.43. The Morgan fingerprint density at radius 1 is 1.22 bits per heavy atom. The third-order valence-corrected chi connectivity index (χ3v) is 2.67. The third kappa shape index (κ3) is 2.87. The molecule has 0 aliphatic carbocycles. The van der Waals surface area contributed by atoms with Gasteiger partial charge in [-0.3, -0.25) is 4.99 Å². The fourth-order valence-corrected chi connectivity index (χ4v) is 1.67. The standard InChI is InChI=1S/C14H11ClFNO/c1-9-2-4-12(16)13(6-9)17-8-10-7-11(15)3-5-14(10)18/h2-8,18H,1H3. The highest BCUT2D eigenvalue weighted by atomic mass is 35.5. The van der Waals surface area contributed by atoms with Gasteiger partial charge in [0.15, 0.2) is 0 Å². The molecular formula is C14H11ClFNO. The molecule has 0 amide bonds. The Balaban J connectivity index is 2.35. The second-order valence-corrected chi connectivity index (χ2v) is 4.35. The number of phenols is 1. The Hall–Kier alpha value is -1.87. The van der Waals surface area contributed by atoms with E-state index < -0.39 is 5.82 Å². The van der Waals surface area contributed by atoms with Gasteiger partial charge in [0.1, 0.15) is 11.6 Å². The van der Waals surface area contributed by atoms with E-state index in [0.29, 0.717) is 10.6 Å². The van der Waals surface area contributed by atoms with Crippen molar-refractivity contribution < 1.29 is 9.50 Å². The predicted molar refractivity (Wildman–Crippen MR) is 71.5 cm³/mol. The Morgan fingerprint density at radius 3 is 2.78 bits per heavy atom. The average Bonchev–Trinajstić information content (AvgIpc) is 2.34. The lowest BCUT2D eigenvalue weighted by Gasteiger charge is -2.00. The molecule has 0 aliphatic heterocycles. The number of phenolic OH excluding ortho intramolecular Hbond substituents is 1. The van der Waals surface area contributed by atoms with Crippen LogP contribution >= 0.6 is 11.6 Å². The molecule has 0 unspecified atom stereocenters. The minimum Gasteiger partial charge on any atom is -0.507 e. The van der Waals surface area contributed by atoms with Crippen molar-refractivity contribution in [1.82, 2.24) is 0 Å². The molecule has 2 nitrogen and oxygen atoms in total. The smallest absolute Gasteiger partial charge is 0.148 e. The van der Waals surface area contributed by atoms with Crippen LogP contribution in [0.1, 0.15) is 11.1 Å². The fourth-order valence-electron chi connectivity index (χ4n) is 1.49. The van der Waals surface area contributed by atoms with Crippen molar-refractivity contribution >= 4 is 23.5 Å². The number of nitrogens with zero attached hydrogens (tertiary/aromatic N) is 1. The van der Waals surface area contributed by atoms with E-state index in [1.54, 1.807) is 24.3 Å². The van der Waals surface area contributed by atoms with Crippen molar-refractivity contribution in [3.8, 4) is 5.75 Å². The van der Waals surface area contributed by atoms with Crippen LogP contribution in [0.3, 0.4) is 0 Å². The molecule has 0 aliphatic rings. The first kappa shape index (κ1) is 12.6. The molecule has 0 saturated heterocycles. The van der Waals surface area contributed by atoms with Gasteiger partial charge in [0.25, 0.3) is 0 Å². The van der Waals surface area contributed by atoms with Gasteiger partial charge in [-0.2, -0.15) is 0 Å². The molecule has 0 heterocycles. The van der Waals surface area contributed by atoms with Crippen LogP contribution in [0.2, 0.25) is 5.02 Å². The minimum absolute atomic E-state index is 0.0520. The van der Waals surface area contributed by atoms with Crippen LogP contribution in [0.25, 0.3) is 0 Å². The van der Waals surface area contributed by atoms with Crippen molar-refractivity contribution in [3.05, 3.63) is 58.4 Å². The van der Waals surface area contributed by atoms with Crippen LogP contribution in [-0.2, 0) is 0 Å². The summed E-state index contributed by atoms with van der Waals surface area (Å²) in [7, 11) is 0. The van der Waals surface area contributed by atoms with Crippen molar-refractivity contribution in [2.45, 2.75) is 6.92 Å². The molecule has 2 aromatic rings. The molecule has 0 saturated carbocycles. The maximum Gasteiger partial charge on any atom is 0.148 e. The van der Waals surface area contributed by atoms with E-state index in [0.717, 1.165) is 5.56 Å². The molecule has 1 N–H and O–H groups in total. The number of rotatable bonds is 2. The van der Waals surface area contributed by atoms with Crippen LogP contribution in [0, 0.1) is 12.7 Å². The lowest BCUT2D eigenvalue weighted by atomic mass is 10.2. The molecule has 4 heteroatoms. The van der Waals surface area contributed by atoms with Crippen molar-refractivity contribution in [1.29, 1.82) is 0 Å². The van der Waals surface area contributed by atoms with Gasteiger partial charge in [-0.1, -0.05) is 17.7 Å². The monoisotopic (exact) mass is 263 g/mol. The number of hydrogen-bond acceptors (Lipinski definition) is 2. The van der Waals surface area contributed by atoms with Crippen molar-refractivity contribution in [3.63, 3.8) is 0 Å². The summed E-state index contributed by atoms with van der Waals surface area (Å²) in [6, 6.07) is 9.27.